The SMILES string of the molecule is CCN(C)C(=O)CNCc1c(C)noc1C. The van der Waals surface area contributed by atoms with E-state index < -0.39 is 0 Å². The molecule has 0 radical (unpaired) electrons. The summed E-state index contributed by atoms with van der Waals surface area (Å²) in [6.07, 6.45) is 0. The number of likely N-dealkylation sites (N-methyl/N-ethyl adjacent to an activating group) is 1. The molecule has 1 heterocycles. The molecule has 0 aromatic carbocycles. The second-order valence-corrected chi connectivity index (χ2v) is 3.81. The fourth-order valence-electron chi connectivity index (χ4n) is 1.36. The maximum absolute atomic E-state index is 11.5. The monoisotopic (exact) mass is 225 g/mol. The Hall–Kier alpha value is -1.36. The van der Waals surface area contributed by atoms with Gasteiger partial charge >= 0.3 is 0 Å². The van der Waals surface area contributed by atoms with E-state index in [2.05, 4.69) is 10.5 Å². The molecule has 0 aliphatic rings. The lowest BCUT2D eigenvalue weighted by molar-refractivity contribution is -0.128. The van der Waals surface area contributed by atoms with Crippen LogP contribution in [0.2, 0.25) is 0 Å². The summed E-state index contributed by atoms with van der Waals surface area (Å²) >= 11 is 0. The number of nitrogens with zero attached hydrogens (tertiary/aromatic N) is 2. The molecule has 0 fully saturated rings. The lowest BCUT2D eigenvalue weighted by Gasteiger charge is -2.14. The van der Waals surface area contributed by atoms with Gasteiger partial charge in [-0.05, 0) is 20.8 Å². The molecule has 16 heavy (non-hydrogen) atoms. The zero-order chi connectivity index (χ0) is 12.1. The van der Waals surface area contributed by atoms with E-state index >= 15 is 0 Å². The van der Waals surface area contributed by atoms with Gasteiger partial charge in [0.1, 0.15) is 5.76 Å². The molecule has 5 heteroatoms. The van der Waals surface area contributed by atoms with E-state index in [1.54, 1.807) is 11.9 Å². The van der Waals surface area contributed by atoms with Crippen LogP contribution in [0, 0.1) is 13.8 Å². The van der Waals surface area contributed by atoms with Crippen LogP contribution in [0.1, 0.15) is 23.9 Å². The van der Waals surface area contributed by atoms with Crippen LogP contribution >= 0.6 is 0 Å². The van der Waals surface area contributed by atoms with Crippen molar-refractivity contribution < 1.29 is 9.32 Å². The first-order valence-corrected chi connectivity index (χ1v) is 5.42. The van der Waals surface area contributed by atoms with Gasteiger partial charge in [-0.15, -0.1) is 0 Å². The fraction of sp³-hybridized carbons (Fsp3) is 0.636. The largest absolute Gasteiger partial charge is 0.361 e. The number of amides is 1. The van der Waals surface area contributed by atoms with Crippen LogP contribution in [0.25, 0.3) is 0 Å². The van der Waals surface area contributed by atoms with Crippen LogP contribution in [-0.4, -0.2) is 36.1 Å². The molecular formula is C11H19N3O2. The van der Waals surface area contributed by atoms with Gasteiger partial charge in [-0.3, -0.25) is 4.79 Å². The van der Waals surface area contributed by atoms with Crippen molar-refractivity contribution in [3.8, 4) is 0 Å². The van der Waals surface area contributed by atoms with Crippen molar-refractivity contribution >= 4 is 5.91 Å². The van der Waals surface area contributed by atoms with Crippen LogP contribution < -0.4 is 5.32 Å². The summed E-state index contributed by atoms with van der Waals surface area (Å²) in [7, 11) is 1.79. The number of hydrogen-bond donors (Lipinski definition) is 1. The molecule has 0 saturated carbocycles. The molecule has 1 N–H and O–H groups in total. The van der Waals surface area contributed by atoms with Gasteiger partial charge in [0, 0.05) is 25.7 Å². The highest BCUT2D eigenvalue weighted by Gasteiger charge is 2.10. The molecule has 1 amide bonds. The topological polar surface area (TPSA) is 58.4 Å². The van der Waals surface area contributed by atoms with E-state index in [0.717, 1.165) is 23.6 Å². The predicted octanol–water partition coefficient (Wildman–Crippen LogP) is 0.859. The Morgan fingerprint density at radius 3 is 2.69 bits per heavy atom. The van der Waals surface area contributed by atoms with Crippen LogP contribution in [0.4, 0.5) is 0 Å². The maximum Gasteiger partial charge on any atom is 0.236 e. The molecule has 5 nitrogen and oxygen atoms in total. The number of nitrogens with one attached hydrogen (secondary N) is 1. The van der Waals surface area contributed by atoms with Gasteiger partial charge in [-0.2, -0.15) is 0 Å². The third-order valence-electron chi connectivity index (χ3n) is 2.66. The number of carbonyl (C=O) groups is 1. The summed E-state index contributed by atoms with van der Waals surface area (Å²) < 4.78 is 5.04. The first kappa shape index (κ1) is 12.7. The van der Waals surface area contributed by atoms with Gasteiger partial charge in [0.25, 0.3) is 0 Å². The van der Waals surface area contributed by atoms with Crippen molar-refractivity contribution in [2.24, 2.45) is 0 Å². The standard InChI is InChI=1S/C11H19N3O2/c1-5-14(4)11(15)7-12-6-10-8(2)13-16-9(10)3/h12H,5-7H2,1-4H3. The van der Waals surface area contributed by atoms with Crippen LogP contribution in [-0.2, 0) is 11.3 Å². The van der Waals surface area contributed by atoms with Crippen molar-refractivity contribution in [1.29, 1.82) is 0 Å². The van der Waals surface area contributed by atoms with Gasteiger partial charge < -0.3 is 14.7 Å². The second kappa shape index (κ2) is 5.65. The third kappa shape index (κ3) is 3.06. The molecule has 0 saturated heterocycles. The van der Waals surface area contributed by atoms with Gasteiger partial charge in [0.05, 0.1) is 12.2 Å². The minimum absolute atomic E-state index is 0.0919. The van der Waals surface area contributed by atoms with E-state index in [1.165, 1.54) is 0 Å². The van der Waals surface area contributed by atoms with Crippen molar-refractivity contribution in [1.82, 2.24) is 15.4 Å². The molecule has 0 aliphatic heterocycles. The summed E-state index contributed by atoms with van der Waals surface area (Å²) in [5, 5.41) is 6.95. The van der Waals surface area contributed by atoms with Crippen LogP contribution in [0.3, 0.4) is 0 Å². The normalized spacial score (nSPS) is 10.5. The van der Waals surface area contributed by atoms with Crippen molar-refractivity contribution in [3.63, 3.8) is 0 Å². The van der Waals surface area contributed by atoms with E-state index in [1.807, 2.05) is 20.8 Å². The summed E-state index contributed by atoms with van der Waals surface area (Å²) in [5.41, 5.74) is 1.91. The summed E-state index contributed by atoms with van der Waals surface area (Å²) in [5.74, 6) is 0.899. The molecule has 0 aliphatic carbocycles. The summed E-state index contributed by atoms with van der Waals surface area (Å²) in [6.45, 7) is 7.40. The molecule has 0 bridgehead atoms. The molecule has 0 spiro atoms. The van der Waals surface area contributed by atoms with Gasteiger partial charge in [0.2, 0.25) is 5.91 Å². The van der Waals surface area contributed by atoms with Crippen molar-refractivity contribution in [2.45, 2.75) is 27.3 Å². The Bertz CT molecular complexity index is 341. The predicted molar refractivity (Wildman–Crippen MR) is 61.0 cm³/mol. The minimum Gasteiger partial charge on any atom is -0.361 e. The lowest BCUT2D eigenvalue weighted by Crippen LogP contribution is -2.35. The molecule has 0 unspecified atom stereocenters. The Kier molecular flexibility index (Phi) is 4.49. The number of carbonyl (C=O) groups excluding carboxylic acids is 1. The van der Waals surface area contributed by atoms with E-state index in [9.17, 15) is 4.79 Å². The fourth-order valence-corrected chi connectivity index (χ4v) is 1.36. The van der Waals surface area contributed by atoms with E-state index in [-0.39, 0.29) is 5.91 Å². The van der Waals surface area contributed by atoms with Gasteiger partial charge in [-0.25, -0.2) is 0 Å². The van der Waals surface area contributed by atoms with E-state index in [4.69, 9.17) is 4.52 Å². The maximum atomic E-state index is 11.5. The molecule has 90 valence electrons. The smallest absolute Gasteiger partial charge is 0.236 e. The second-order valence-electron chi connectivity index (χ2n) is 3.81. The number of hydrogen-bond acceptors (Lipinski definition) is 4. The third-order valence-corrected chi connectivity index (χ3v) is 2.66. The van der Waals surface area contributed by atoms with Crippen molar-refractivity contribution in [3.05, 3.63) is 17.0 Å². The molecule has 1 rings (SSSR count). The highest BCUT2D eigenvalue weighted by atomic mass is 16.5. The van der Waals surface area contributed by atoms with Gasteiger partial charge in [0.15, 0.2) is 0 Å². The molecule has 1 aromatic rings. The van der Waals surface area contributed by atoms with Crippen LogP contribution in [0.5, 0.6) is 0 Å². The highest BCUT2D eigenvalue weighted by Crippen LogP contribution is 2.11. The van der Waals surface area contributed by atoms with Crippen molar-refractivity contribution in [2.75, 3.05) is 20.1 Å². The quantitative estimate of drug-likeness (QED) is 0.807. The number of rotatable bonds is 5. The zero-order valence-electron chi connectivity index (χ0n) is 10.3. The Labute approximate surface area is 95.8 Å². The van der Waals surface area contributed by atoms with E-state index in [0.29, 0.717) is 13.1 Å². The molecular weight excluding hydrogens is 206 g/mol. The Morgan fingerprint density at radius 1 is 1.50 bits per heavy atom. The van der Waals surface area contributed by atoms with Gasteiger partial charge in [-0.1, -0.05) is 5.16 Å². The summed E-state index contributed by atoms with van der Waals surface area (Å²) in [6, 6.07) is 0. The van der Waals surface area contributed by atoms with Crippen LogP contribution in [0.15, 0.2) is 4.52 Å². The average molecular weight is 225 g/mol. The molecule has 1 aromatic heterocycles. The zero-order valence-corrected chi connectivity index (χ0v) is 10.3. The number of aromatic nitrogens is 1. The first-order valence-electron chi connectivity index (χ1n) is 5.42. The first-order chi connectivity index (χ1) is 7.56. The lowest BCUT2D eigenvalue weighted by atomic mass is 10.2. The Morgan fingerprint density at radius 2 is 2.19 bits per heavy atom. The minimum atomic E-state index is 0.0919. The molecule has 0 atom stereocenters. The number of aryl methyl sites for hydroxylation is 2. The summed E-state index contributed by atoms with van der Waals surface area (Å²) in [4.78, 5) is 13.2. The average Bonchev–Trinajstić information content (AvgIpc) is 2.59. The Balaban J connectivity index is 2.39. The highest BCUT2D eigenvalue weighted by molar-refractivity contribution is 5.77.